The molecule has 0 aliphatic carbocycles. The minimum absolute atomic E-state index is 0.0535. The summed E-state index contributed by atoms with van der Waals surface area (Å²) >= 11 is 0. The van der Waals surface area contributed by atoms with E-state index in [4.69, 9.17) is 5.73 Å². The molecule has 106 valence electrons. The Morgan fingerprint density at radius 3 is 2.32 bits per heavy atom. The maximum Gasteiger partial charge on any atom is 0.391 e. The van der Waals surface area contributed by atoms with Crippen LogP contribution in [-0.4, -0.2) is 19.3 Å². The summed E-state index contributed by atoms with van der Waals surface area (Å²) in [5.74, 6) is -1.65. The van der Waals surface area contributed by atoms with Crippen molar-refractivity contribution in [1.82, 2.24) is 0 Å². The molecule has 0 bridgehead atoms. The summed E-state index contributed by atoms with van der Waals surface area (Å²) in [5, 5.41) is 0. The Bertz CT molecular complexity index is 437. The molecule has 0 saturated carbocycles. The Morgan fingerprint density at radius 1 is 1.16 bits per heavy atom. The van der Waals surface area contributed by atoms with Gasteiger partial charge < -0.3 is 10.6 Å². The summed E-state index contributed by atoms with van der Waals surface area (Å²) in [7, 11) is 0. The van der Waals surface area contributed by atoms with Gasteiger partial charge in [0.15, 0.2) is 0 Å². The number of piperidine rings is 1. The third-order valence-corrected chi connectivity index (χ3v) is 3.50. The first kappa shape index (κ1) is 14.1. The Morgan fingerprint density at radius 2 is 1.79 bits per heavy atom. The predicted molar refractivity (Wildman–Crippen MR) is 65.3 cm³/mol. The fourth-order valence-corrected chi connectivity index (χ4v) is 2.40. The number of hydrogen-bond acceptors (Lipinski definition) is 2. The highest BCUT2D eigenvalue weighted by molar-refractivity contribution is 5.49. The molecular formula is C13H16F4N2. The first-order valence-corrected chi connectivity index (χ1v) is 6.21. The van der Waals surface area contributed by atoms with E-state index in [9.17, 15) is 17.6 Å². The molecule has 0 spiro atoms. The lowest BCUT2D eigenvalue weighted by molar-refractivity contribution is -0.179. The Kier molecular flexibility index (Phi) is 3.99. The molecule has 1 aliphatic heterocycles. The van der Waals surface area contributed by atoms with Crippen LogP contribution in [0.25, 0.3) is 0 Å². The SMILES string of the molecule is NCc1cc(F)cc(N2CCC(C(F)(F)F)CC2)c1. The van der Waals surface area contributed by atoms with Crippen molar-refractivity contribution in [3.05, 3.63) is 29.6 Å². The summed E-state index contributed by atoms with van der Waals surface area (Å²) < 4.78 is 51.0. The van der Waals surface area contributed by atoms with Crippen LogP contribution < -0.4 is 10.6 Å². The summed E-state index contributed by atoms with van der Waals surface area (Å²) in [5.41, 5.74) is 6.72. The van der Waals surface area contributed by atoms with Crippen molar-refractivity contribution in [3.8, 4) is 0 Å². The molecule has 0 amide bonds. The zero-order chi connectivity index (χ0) is 14.0. The molecule has 0 atom stereocenters. The molecule has 2 nitrogen and oxygen atoms in total. The molecule has 1 aromatic rings. The first-order chi connectivity index (χ1) is 8.90. The molecule has 1 heterocycles. The highest BCUT2D eigenvalue weighted by Gasteiger charge is 2.41. The predicted octanol–water partition coefficient (Wildman–Crippen LogP) is 3.06. The molecule has 1 saturated heterocycles. The number of anilines is 1. The fourth-order valence-electron chi connectivity index (χ4n) is 2.40. The zero-order valence-corrected chi connectivity index (χ0v) is 10.4. The third-order valence-electron chi connectivity index (χ3n) is 3.50. The van der Waals surface area contributed by atoms with Crippen LogP contribution in [0.2, 0.25) is 0 Å². The molecule has 1 aliphatic rings. The standard InChI is InChI=1S/C13H16F4N2/c14-11-5-9(8-18)6-12(7-11)19-3-1-10(2-4-19)13(15,16)17/h5-7,10H,1-4,8,18H2. The van der Waals surface area contributed by atoms with Gasteiger partial charge in [0, 0.05) is 25.3 Å². The second-order valence-electron chi connectivity index (χ2n) is 4.82. The van der Waals surface area contributed by atoms with Gasteiger partial charge in [0.25, 0.3) is 0 Å². The maximum atomic E-state index is 13.4. The number of nitrogens with zero attached hydrogens (tertiary/aromatic N) is 1. The van der Waals surface area contributed by atoms with E-state index >= 15 is 0 Å². The number of alkyl halides is 3. The second kappa shape index (κ2) is 5.36. The topological polar surface area (TPSA) is 29.3 Å². The van der Waals surface area contributed by atoms with E-state index in [0.717, 1.165) is 0 Å². The van der Waals surface area contributed by atoms with Crippen LogP contribution in [0.4, 0.5) is 23.2 Å². The molecule has 6 heteroatoms. The van der Waals surface area contributed by atoms with Gasteiger partial charge in [-0.1, -0.05) is 0 Å². The van der Waals surface area contributed by atoms with Crippen molar-refractivity contribution in [3.63, 3.8) is 0 Å². The molecular weight excluding hydrogens is 260 g/mol. The van der Waals surface area contributed by atoms with Gasteiger partial charge in [0.1, 0.15) is 5.82 Å². The molecule has 0 unspecified atom stereocenters. The average Bonchev–Trinajstić information content (AvgIpc) is 2.37. The maximum absolute atomic E-state index is 13.4. The van der Waals surface area contributed by atoms with Crippen LogP contribution in [0.5, 0.6) is 0 Å². The zero-order valence-electron chi connectivity index (χ0n) is 10.4. The van der Waals surface area contributed by atoms with Crippen molar-refractivity contribution in [2.45, 2.75) is 25.6 Å². The molecule has 0 radical (unpaired) electrons. The second-order valence-corrected chi connectivity index (χ2v) is 4.82. The smallest absolute Gasteiger partial charge is 0.371 e. The Labute approximate surface area is 109 Å². The number of rotatable bonds is 2. The van der Waals surface area contributed by atoms with Crippen molar-refractivity contribution in [2.24, 2.45) is 11.7 Å². The van der Waals surface area contributed by atoms with Gasteiger partial charge >= 0.3 is 6.18 Å². The lowest BCUT2D eigenvalue weighted by Gasteiger charge is -2.34. The van der Waals surface area contributed by atoms with Gasteiger partial charge in [-0.15, -0.1) is 0 Å². The van der Waals surface area contributed by atoms with Gasteiger partial charge in [0.2, 0.25) is 0 Å². The minimum Gasteiger partial charge on any atom is -0.371 e. The van der Waals surface area contributed by atoms with Gasteiger partial charge in [0.05, 0.1) is 5.92 Å². The van der Waals surface area contributed by atoms with Crippen molar-refractivity contribution in [2.75, 3.05) is 18.0 Å². The fraction of sp³-hybridized carbons (Fsp3) is 0.538. The Balaban J connectivity index is 2.07. The van der Waals surface area contributed by atoms with E-state index in [-0.39, 0.29) is 32.5 Å². The molecule has 2 rings (SSSR count). The Hall–Kier alpha value is -1.30. The van der Waals surface area contributed by atoms with Gasteiger partial charge in [-0.3, -0.25) is 0 Å². The molecule has 0 aromatic heterocycles. The van der Waals surface area contributed by atoms with E-state index < -0.39 is 17.9 Å². The summed E-state index contributed by atoms with van der Waals surface area (Å²) in [6, 6.07) is 4.41. The summed E-state index contributed by atoms with van der Waals surface area (Å²) in [6.45, 7) is 0.791. The van der Waals surface area contributed by atoms with Crippen molar-refractivity contribution in [1.29, 1.82) is 0 Å². The average molecular weight is 276 g/mol. The lowest BCUT2D eigenvalue weighted by atomic mass is 9.96. The molecule has 1 aromatic carbocycles. The number of nitrogens with two attached hydrogens (primary N) is 1. The number of hydrogen-bond donors (Lipinski definition) is 1. The highest BCUT2D eigenvalue weighted by Crippen LogP contribution is 2.35. The number of benzene rings is 1. The number of halogens is 4. The van der Waals surface area contributed by atoms with Crippen molar-refractivity contribution >= 4 is 5.69 Å². The van der Waals surface area contributed by atoms with Crippen LogP contribution in [-0.2, 0) is 6.54 Å². The molecule has 19 heavy (non-hydrogen) atoms. The summed E-state index contributed by atoms with van der Waals surface area (Å²) in [4.78, 5) is 1.78. The monoisotopic (exact) mass is 276 g/mol. The van der Waals surface area contributed by atoms with E-state index in [1.807, 2.05) is 0 Å². The third kappa shape index (κ3) is 3.37. The van der Waals surface area contributed by atoms with E-state index in [1.54, 1.807) is 11.0 Å². The van der Waals surface area contributed by atoms with Crippen LogP contribution in [0.15, 0.2) is 18.2 Å². The molecule has 2 N–H and O–H groups in total. The normalized spacial score (nSPS) is 17.8. The van der Waals surface area contributed by atoms with Crippen LogP contribution in [0.1, 0.15) is 18.4 Å². The van der Waals surface area contributed by atoms with Gasteiger partial charge in [-0.05, 0) is 36.6 Å². The van der Waals surface area contributed by atoms with Gasteiger partial charge in [-0.2, -0.15) is 13.2 Å². The lowest BCUT2D eigenvalue weighted by Crippen LogP contribution is -2.39. The van der Waals surface area contributed by atoms with Crippen LogP contribution in [0.3, 0.4) is 0 Å². The quantitative estimate of drug-likeness (QED) is 0.841. The van der Waals surface area contributed by atoms with E-state index in [0.29, 0.717) is 11.3 Å². The van der Waals surface area contributed by atoms with Crippen LogP contribution in [0, 0.1) is 11.7 Å². The van der Waals surface area contributed by atoms with Crippen LogP contribution >= 0.6 is 0 Å². The van der Waals surface area contributed by atoms with E-state index in [2.05, 4.69) is 0 Å². The minimum atomic E-state index is -4.13. The summed E-state index contributed by atoms with van der Waals surface area (Å²) in [6.07, 6.45) is -4.02. The largest absolute Gasteiger partial charge is 0.391 e. The first-order valence-electron chi connectivity index (χ1n) is 6.21. The highest BCUT2D eigenvalue weighted by atomic mass is 19.4. The van der Waals surface area contributed by atoms with Crippen molar-refractivity contribution < 1.29 is 17.6 Å². The van der Waals surface area contributed by atoms with E-state index in [1.165, 1.54) is 12.1 Å². The van der Waals surface area contributed by atoms with Gasteiger partial charge in [-0.25, -0.2) is 4.39 Å². The molecule has 1 fully saturated rings.